The molecule has 1 fully saturated rings. The average Bonchev–Trinajstić information content (AvgIpc) is 3.09. The lowest BCUT2D eigenvalue weighted by Crippen LogP contribution is -2.40. The van der Waals surface area contributed by atoms with Gasteiger partial charge in [0.05, 0.1) is 18.1 Å². The lowest BCUT2D eigenvalue weighted by molar-refractivity contribution is -0.123. The molecule has 1 aromatic carbocycles. The number of carbonyl (C=O) groups is 3. The molecule has 184 valence electrons. The zero-order valence-corrected chi connectivity index (χ0v) is 20.7. The van der Waals surface area contributed by atoms with Crippen LogP contribution in [0.2, 0.25) is 0 Å². The topological polar surface area (TPSA) is 135 Å². The predicted octanol–water partition coefficient (Wildman–Crippen LogP) is 2.35. The van der Waals surface area contributed by atoms with E-state index in [0.29, 0.717) is 35.6 Å². The Labute approximate surface area is 198 Å². The third kappa shape index (κ3) is 5.21. The summed E-state index contributed by atoms with van der Waals surface area (Å²) in [6, 6.07) is 4.58. The van der Waals surface area contributed by atoms with E-state index < -0.39 is 28.0 Å². The fourth-order valence-electron chi connectivity index (χ4n) is 3.88. The summed E-state index contributed by atoms with van der Waals surface area (Å²) >= 11 is 0. The summed E-state index contributed by atoms with van der Waals surface area (Å²) in [6.45, 7) is 8.97. The first-order valence-corrected chi connectivity index (χ1v) is 12.3. The molecule has 1 aromatic heterocycles. The van der Waals surface area contributed by atoms with Crippen molar-refractivity contribution in [2.75, 3.05) is 31.6 Å². The van der Waals surface area contributed by atoms with Gasteiger partial charge in [0.15, 0.2) is 11.9 Å². The van der Waals surface area contributed by atoms with Crippen molar-refractivity contribution in [2.24, 2.45) is 0 Å². The molecule has 1 aliphatic heterocycles. The van der Waals surface area contributed by atoms with Crippen molar-refractivity contribution < 1.29 is 32.3 Å². The second kappa shape index (κ2) is 10.1. The van der Waals surface area contributed by atoms with Gasteiger partial charge in [0.1, 0.15) is 5.69 Å². The Morgan fingerprint density at radius 2 is 1.79 bits per heavy atom. The third-order valence-electron chi connectivity index (χ3n) is 5.69. The predicted molar refractivity (Wildman–Crippen MR) is 125 cm³/mol. The lowest BCUT2D eigenvalue weighted by atomic mass is 10.1. The maximum Gasteiger partial charge on any atom is 0.355 e. The molecule has 1 unspecified atom stereocenters. The number of H-pyrrole nitrogens is 1. The minimum absolute atomic E-state index is 0.0890. The molecule has 1 atom stereocenters. The molecule has 1 aliphatic rings. The fraction of sp³-hybridized carbons (Fsp3) is 0.435. The van der Waals surface area contributed by atoms with Gasteiger partial charge in [0.25, 0.3) is 5.91 Å². The lowest BCUT2D eigenvalue weighted by Gasteiger charge is -2.27. The summed E-state index contributed by atoms with van der Waals surface area (Å²) in [7, 11) is -3.75. The zero-order valence-electron chi connectivity index (χ0n) is 19.9. The number of hydrogen-bond acceptors (Lipinski definition) is 7. The first-order chi connectivity index (χ1) is 15.9. The molecule has 0 bridgehead atoms. The van der Waals surface area contributed by atoms with Crippen LogP contribution in [0.3, 0.4) is 0 Å². The minimum Gasteiger partial charge on any atom is -0.448 e. The van der Waals surface area contributed by atoms with Crippen LogP contribution >= 0.6 is 0 Å². The van der Waals surface area contributed by atoms with Gasteiger partial charge in [0.2, 0.25) is 10.0 Å². The first-order valence-electron chi connectivity index (χ1n) is 10.8. The standard InChI is InChI=1S/C23H29N3O7S/c1-13-6-7-18(12-19(13)34(30,31)26-8-10-32-11-9-26)25-22(28)17(5)33-23(29)21-14(2)20(16(4)27)15(3)24-21/h6-7,12,17,24H,8-11H2,1-5H3,(H,25,28). The van der Waals surface area contributed by atoms with E-state index >= 15 is 0 Å². The summed E-state index contributed by atoms with van der Waals surface area (Å²) in [5.74, 6) is -1.58. The van der Waals surface area contributed by atoms with Gasteiger partial charge in [-0.15, -0.1) is 0 Å². The number of aromatic nitrogens is 1. The number of Topliss-reactive ketones (excluding diaryl/α,β-unsaturated/α-hetero) is 1. The number of esters is 1. The van der Waals surface area contributed by atoms with Crippen molar-refractivity contribution in [3.05, 3.63) is 46.3 Å². The number of sulfonamides is 1. The number of ether oxygens (including phenoxy) is 2. The summed E-state index contributed by atoms with van der Waals surface area (Å²) < 4.78 is 38.0. The van der Waals surface area contributed by atoms with E-state index in [0.717, 1.165) is 0 Å². The van der Waals surface area contributed by atoms with E-state index in [1.54, 1.807) is 32.9 Å². The van der Waals surface area contributed by atoms with Crippen molar-refractivity contribution >= 4 is 33.4 Å². The SMILES string of the molecule is CC(=O)c1c(C)[nH]c(C(=O)OC(C)C(=O)Nc2ccc(C)c(S(=O)(=O)N3CCOCC3)c2)c1C. The highest BCUT2D eigenvalue weighted by Gasteiger charge is 2.29. The van der Waals surface area contributed by atoms with E-state index in [1.165, 1.54) is 24.2 Å². The Bertz CT molecular complexity index is 1230. The fourth-order valence-corrected chi connectivity index (χ4v) is 5.54. The summed E-state index contributed by atoms with van der Waals surface area (Å²) in [5, 5.41) is 2.60. The normalized spacial score (nSPS) is 15.6. The Balaban J connectivity index is 1.73. The van der Waals surface area contributed by atoms with Crippen molar-refractivity contribution in [1.82, 2.24) is 9.29 Å². The second-order valence-electron chi connectivity index (χ2n) is 8.21. The number of nitrogens with one attached hydrogen (secondary N) is 2. The molecule has 2 aromatic rings. The molecular weight excluding hydrogens is 462 g/mol. The molecular formula is C23H29N3O7S. The van der Waals surface area contributed by atoms with Gasteiger partial charge in [0, 0.05) is 30.0 Å². The van der Waals surface area contributed by atoms with E-state index in [9.17, 15) is 22.8 Å². The third-order valence-corrected chi connectivity index (χ3v) is 7.73. The number of carbonyl (C=O) groups excluding carboxylic acids is 3. The smallest absolute Gasteiger partial charge is 0.355 e. The highest BCUT2D eigenvalue weighted by Crippen LogP contribution is 2.25. The van der Waals surface area contributed by atoms with Crippen molar-refractivity contribution in [3.8, 4) is 0 Å². The molecule has 2 N–H and O–H groups in total. The number of nitrogens with zero attached hydrogens (tertiary/aromatic N) is 1. The second-order valence-corrected chi connectivity index (χ2v) is 10.1. The van der Waals surface area contributed by atoms with Gasteiger partial charge < -0.3 is 19.8 Å². The molecule has 0 aliphatic carbocycles. The average molecular weight is 492 g/mol. The van der Waals surface area contributed by atoms with Crippen LogP contribution in [0, 0.1) is 20.8 Å². The molecule has 1 amide bonds. The molecule has 11 heteroatoms. The highest BCUT2D eigenvalue weighted by atomic mass is 32.2. The van der Waals surface area contributed by atoms with E-state index in [4.69, 9.17) is 9.47 Å². The van der Waals surface area contributed by atoms with Crippen LogP contribution in [0.1, 0.15) is 51.5 Å². The minimum atomic E-state index is -3.75. The van der Waals surface area contributed by atoms with Crippen LogP contribution in [-0.2, 0) is 24.3 Å². The molecule has 10 nitrogen and oxygen atoms in total. The molecule has 0 radical (unpaired) electrons. The Morgan fingerprint density at radius 1 is 1.15 bits per heavy atom. The van der Waals surface area contributed by atoms with Crippen molar-refractivity contribution in [2.45, 2.75) is 45.6 Å². The van der Waals surface area contributed by atoms with Gasteiger partial charge in [-0.25, -0.2) is 13.2 Å². The van der Waals surface area contributed by atoms with Crippen LogP contribution in [0.5, 0.6) is 0 Å². The highest BCUT2D eigenvalue weighted by molar-refractivity contribution is 7.89. The maximum atomic E-state index is 13.1. The monoisotopic (exact) mass is 491 g/mol. The number of benzene rings is 1. The Hall–Kier alpha value is -3.02. The van der Waals surface area contributed by atoms with Gasteiger partial charge in [-0.3, -0.25) is 9.59 Å². The molecule has 1 saturated heterocycles. The number of ketones is 1. The van der Waals surface area contributed by atoms with Gasteiger partial charge >= 0.3 is 5.97 Å². The van der Waals surface area contributed by atoms with Crippen molar-refractivity contribution in [1.29, 1.82) is 0 Å². The van der Waals surface area contributed by atoms with Gasteiger partial charge in [-0.2, -0.15) is 4.31 Å². The summed E-state index contributed by atoms with van der Waals surface area (Å²) in [6.07, 6.45) is -1.17. The van der Waals surface area contributed by atoms with Gasteiger partial charge in [-0.1, -0.05) is 6.07 Å². The quantitative estimate of drug-likeness (QED) is 0.448. The number of rotatable bonds is 7. The van der Waals surface area contributed by atoms with Crippen molar-refractivity contribution in [3.63, 3.8) is 0 Å². The number of anilines is 1. The van der Waals surface area contributed by atoms with Crippen LogP contribution < -0.4 is 5.32 Å². The number of aromatic amines is 1. The Kier molecular flexibility index (Phi) is 7.59. The summed E-state index contributed by atoms with van der Waals surface area (Å²) in [5.41, 5.74) is 2.33. The molecule has 3 rings (SSSR count). The number of morpholine rings is 1. The zero-order chi connectivity index (χ0) is 25.2. The molecule has 2 heterocycles. The number of amides is 1. The first kappa shape index (κ1) is 25.6. The van der Waals surface area contributed by atoms with Crippen LogP contribution in [-0.4, -0.2) is 67.8 Å². The van der Waals surface area contributed by atoms with Crippen LogP contribution in [0.25, 0.3) is 0 Å². The molecule has 0 saturated carbocycles. The maximum absolute atomic E-state index is 13.1. The van der Waals surface area contributed by atoms with Gasteiger partial charge in [-0.05, 0) is 57.9 Å². The Morgan fingerprint density at radius 3 is 2.38 bits per heavy atom. The largest absolute Gasteiger partial charge is 0.448 e. The van der Waals surface area contributed by atoms with E-state index in [-0.39, 0.29) is 35.1 Å². The number of hydrogen-bond donors (Lipinski definition) is 2. The van der Waals surface area contributed by atoms with E-state index in [1.807, 2.05) is 0 Å². The summed E-state index contributed by atoms with van der Waals surface area (Å²) in [4.78, 5) is 40.0. The van der Waals surface area contributed by atoms with Crippen LogP contribution in [0.4, 0.5) is 5.69 Å². The van der Waals surface area contributed by atoms with E-state index in [2.05, 4.69) is 10.3 Å². The molecule has 34 heavy (non-hydrogen) atoms. The number of aryl methyl sites for hydroxylation is 2. The van der Waals surface area contributed by atoms with Crippen LogP contribution in [0.15, 0.2) is 23.1 Å². The molecule has 0 spiro atoms.